The molecule has 1 aliphatic heterocycles. The molecule has 4 heteroatoms. The fraction of sp³-hybridized carbons (Fsp3) is 0.778. The van der Waals surface area contributed by atoms with Gasteiger partial charge in [-0.05, 0) is 26.7 Å². The molecule has 2 atom stereocenters. The monoisotopic (exact) mass is 185 g/mol. The molecule has 1 rings (SSSR count). The normalized spacial score (nSPS) is 28.6. The van der Waals surface area contributed by atoms with Crippen LogP contribution in [0.5, 0.6) is 0 Å². The first kappa shape index (κ1) is 10.0. The number of carboxylic acid groups (broad SMARTS) is 1. The molecule has 13 heavy (non-hydrogen) atoms. The number of likely N-dealkylation sites (tertiary alicyclic amines) is 1. The van der Waals surface area contributed by atoms with E-state index in [0.717, 1.165) is 12.8 Å². The van der Waals surface area contributed by atoms with E-state index in [4.69, 9.17) is 5.11 Å². The predicted octanol–water partition coefficient (Wildman–Crippen LogP) is 1.35. The van der Waals surface area contributed by atoms with Crippen LogP contribution in [0.15, 0.2) is 0 Å². The van der Waals surface area contributed by atoms with Crippen LogP contribution in [0.4, 0.5) is 4.79 Å². The Hall–Kier alpha value is -1.06. The molecule has 0 aromatic carbocycles. The lowest BCUT2D eigenvalue weighted by Crippen LogP contribution is -2.46. The van der Waals surface area contributed by atoms with E-state index in [1.165, 1.54) is 11.8 Å². The van der Waals surface area contributed by atoms with Gasteiger partial charge in [-0.2, -0.15) is 0 Å². The summed E-state index contributed by atoms with van der Waals surface area (Å²) < 4.78 is 0. The molecule has 0 radical (unpaired) electrons. The van der Waals surface area contributed by atoms with Crippen LogP contribution in [-0.4, -0.2) is 34.5 Å². The summed E-state index contributed by atoms with van der Waals surface area (Å²) in [4.78, 5) is 23.2. The number of hydrogen-bond donors (Lipinski definition) is 1. The van der Waals surface area contributed by atoms with Crippen molar-refractivity contribution in [3.63, 3.8) is 0 Å². The van der Waals surface area contributed by atoms with Crippen LogP contribution in [0.1, 0.15) is 26.7 Å². The van der Waals surface area contributed by atoms with Gasteiger partial charge < -0.3 is 10.0 Å². The first-order chi connectivity index (χ1) is 6.02. The molecule has 0 spiro atoms. The number of Topliss-reactive ketones (excluding diaryl/α,β-unsaturated/α-hetero) is 1. The minimum absolute atomic E-state index is 0.0492. The van der Waals surface area contributed by atoms with Gasteiger partial charge in [0.2, 0.25) is 0 Å². The van der Waals surface area contributed by atoms with E-state index in [0.29, 0.717) is 6.54 Å². The number of hydrogen-bond acceptors (Lipinski definition) is 2. The van der Waals surface area contributed by atoms with Gasteiger partial charge in [0, 0.05) is 18.5 Å². The van der Waals surface area contributed by atoms with Crippen LogP contribution >= 0.6 is 0 Å². The third-order valence-electron chi connectivity index (χ3n) is 2.70. The summed E-state index contributed by atoms with van der Waals surface area (Å²) in [6, 6.07) is 0.0492. The van der Waals surface area contributed by atoms with Crippen molar-refractivity contribution in [3.8, 4) is 0 Å². The molecule has 0 aromatic heterocycles. The summed E-state index contributed by atoms with van der Waals surface area (Å²) in [6.45, 7) is 3.77. The molecule has 1 saturated heterocycles. The topological polar surface area (TPSA) is 57.6 Å². The zero-order valence-electron chi connectivity index (χ0n) is 7.99. The van der Waals surface area contributed by atoms with Crippen molar-refractivity contribution in [2.75, 3.05) is 6.54 Å². The SMILES string of the molecule is CC(=O)C1CCC(C)N(C(=O)O)C1. The molecule has 4 nitrogen and oxygen atoms in total. The highest BCUT2D eigenvalue weighted by Gasteiger charge is 2.30. The number of amides is 1. The van der Waals surface area contributed by atoms with Crippen molar-refractivity contribution in [1.29, 1.82) is 0 Å². The number of carbonyl (C=O) groups excluding carboxylic acids is 1. The molecule has 1 fully saturated rings. The fourth-order valence-corrected chi connectivity index (χ4v) is 1.71. The van der Waals surface area contributed by atoms with Gasteiger partial charge >= 0.3 is 6.09 Å². The van der Waals surface area contributed by atoms with Crippen LogP contribution in [0.25, 0.3) is 0 Å². The maximum absolute atomic E-state index is 11.1. The largest absolute Gasteiger partial charge is 0.465 e. The van der Waals surface area contributed by atoms with Gasteiger partial charge in [0.15, 0.2) is 0 Å². The molecular formula is C9H15NO3. The number of rotatable bonds is 1. The summed E-state index contributed by atoms with van der Waals surface area (Å²) in [7, 11) is 0. The Morgan fingerprint density at radius 1 is 1.38 bits per heavy atom. The fourth-order valence-electron chi connectivity index (χ4n) is 1.71. The minimum Gasteiger partial charge on any atom is -0.465 e. The van der Waals surface area contributed by atoms with Gasteiger partial charge in [0.1, 0.15) is 5.78 Å². The maximum Gasteiger partial charge on any atom is 0.407 e. The summed E-state index contributed by atoms with van der Waals surface area (Å²) in [5.41, 5.74) is 0. The lowest BCUT2D eigenvalue weighted by atomic mass is 9.91. The van der Waals surface area contributed by atoms with Crippen molar-refractivity contribution in [1.82, 2.24) is 4.90 Å². The van der Waals surface area contributed by atoms with Gasteiger partial charge in [0.05, 0.1) is 0 Å². The van der Waals surface area contributed by atoms with E-state index in [-0.39, 0.29) is 17.7 Å². The average Bonchev–Trinajstić information content (AvgIpc) is 2.04. The summed E-state index contributed by atoms with van der Waals surface area (Å²) in [5, 5.41) is 8.82. The van der Waals surface area contributed by atoms with Crippen molar-refractivity contribution in [3.05, 3.63) is 0 Å². The molecule has 0 aromatic rings. The standard InChI is InChI=1S/C9H15NO3/c1-6-3-4-8(7(2)11)5-10(6)9(12)13/h6,8H,3-5H2,1-2H3,(H,12,13). The van der Waals surface area contributed by atoms with Gasteiger partial charge in [-0.25, -0.2) is 4.79 Å². The second-order valence-corrected chi connectivity index (χ2v) is 3.67. The molecular weight excluding hydrogens is 170 g/mol. The van der Waals surface area contributed by atoms with E-state index in [2.05, 4.69) is 0 Å². The Morgan fingerprint density at radius 3 is 2.46 bits per heavy atom. The lowest BCUT2D eigenvalue weighted by Gasteiger charge is -2.34. The molecule has 1 heterocycles. The van der Waals surface area contributed by atoms with E-state index in [9.17, 15) is 9.59 Å². The number of piperidine rings is 1. The Balaban J connectivity index is 2.63. The highest BCUT2D eigenvalue weighted by Crippen LogP contribution is 2.22. The van der Waals surface area contributed by atoms with Crippen LogP contribution in [0, 0.1) is 5.92 Å². The Morgan fingerprint density at radius 2 is 2.00 bits per heavy atom. The quantitative estimate of drug-likeness (QED) is 0.671. The molecule has 74 valence electrons. The third kappa shape index (κ3) is 2.20. The predicted molar refractivity (Wildman–Crippen MR) is 47.6 cm³/mol. The van der Waals surface area contributed by atoms with Crippen molar-refractivity contribution >= 4 is 11.9 Å². The second kappa shape index (κ2) is 3.77. The Kier molecular flexibility index (Phi) is 2.90. The zero-order valence-corrected chi connectivity index (χ0v) is 7.99. The van der Waals surface area contributed by atoms with Crippen LogP contribution in [0.3, 0.4) is 0 Å². The first-order valence-corrected chi connectivity index (χ1v) is 4.52. The van der Waals surface area contributed by atoms with Gasteiger partial charge in [-0.3, -0.25) is 4.79 Å². The Labute approximate surface area is 77.5 Å². The van der Waals surface area contributed by atoms with Gasteiger partial charge in [-0.1, -0.05) is 0 Å². The van der Waals surface area contributed by atoms with Crippen LogP contribution in [0.2, 0.25) is 0 Å². The van der Waals surface area contributed by atoms with E-state index in [1.807, 2.05) is 6.92 Å². The summed E-state index contributed by atoms with van der Waals surface area (Å²) >= 11 is 0. The maximum atomic E-state index is 11.1. The Bertz CT molecular complexity index is 227. The summed E-state index contributed by atoms with van der Waals surface area (Å²) in [6.07, 6.45) is 0.690. The molecule has 1 aliphatic rings. The van der Waals surface area contributed by atoms with Crippen LogP contribution < -0.4 is 0 Å². The van der Waals surface area contributed by atoms with Gasteiger partial charge in [0.25, 0.3) is 0 Å². The zero-order chi connectivity index (χ0) is 10.0. The number of nitrogens with zero attached hydrogens (tertiary/aromatic N) is 1. The minimum atomic E-state index is -0.918. The molecule has 1 amide bonds. The summed E-state index contributed by atoms with van der Waals surface area (Å²) in [5.74, 6) is 0.00505. The average molecular weight is 185 g/mol. The van der Waals surface area contributed by atoms with E-state index >= 15 is 0 Å². The second-order valence-electron chi connectivity index (χ2n) is 3.67. The molecule has 0 bridgehead atoms. The smallest absolute Gasteiger partial charge is 0.407 e. The van der Waals surface area contributed by atoms with E-state index in [1.54, 1.807) is 0 Å². The molecule has 0 aliphatic carbocycles. The highest BCUT2D eigenvalue weighted by molar-refractivity contribution is 5.79. The molecule has 1 N–H and O–H groups in total. The van der Waals surface area contributed by atoms with E-state index < -0.39 is 6.09 Å². The molecule has 2 unspecified atom stereocenters. The number of ketones is 1. The lowest BCUT2D eigenvalue weighted by molar-refractivity contribution is -0.122. The van der Waals surface area contributed by atoms with Crippen molar-refractivity contribution in [2.45, 2.75) is 32.7 Å². The van der Waals surface area contributed by atoms with Gasteiger partial charge in [-0.15, -0.1) is 0 Å². The first-order valence-electron chi connectivity index (χ1n) is 4.52. The number of carbonyl (C=O) groups is 2. The molecule has 0 saturated carbocycles. The van der Waals surface area contributed by atoms with Crippen molar-refractivity contribution in [2.24, 2.45) is 5.92 Å². The van der Waals surface area contributed by atoms with Crippen LogP contribution in [-0.2, 0) is 4.79 Å². The highest BCUT2D eigenvalue weighted by atomic mass is 16.4. The third-order valence-corrected chi connectivity index (χ3v) is 2.70. The van der Waals surface area contributed by atoms with Crippen molar-refractivity contribution < 1.29 is 14.7 Å².